The molecule has 4 heteroatoms. The number of likely N-dealkylation sites (tertiary alicyclic amines) is 1. The number of nitrogens with zero attached hydrogens (tertiary/aromatic N) is 1. The Labute approximate surface area is 168 Å². The fraction of sp³-hybridized carbons (Fsp3) is 0.458. The van der Waals surface area contributed by atoms with Gasteiger partial charge in [-0.2, -0.15) is 0 Å². The SMILES string of the molecule is CCC(Oc1ccccc1C)C(=O)NCc1ccccc1CN1CCCCC1. The molecule has 0 bridgehead atoms. The molecule has 1 aliphatic rings. The molecule has 0 aromatic heterocycles. The summed E-state index contributed by atoms with van der Waals surface area (Å²) in [6, 6.07) is 16.2. The lowest BCUT2D eigenvalue weighted by Gasteiger charge is -2.27. The smallest absolute Gasteiger partial charge is 0.261 e. The number of aryl methyl sites for hydroxylation is 1. The van der Waals surface area contributed by atoms with Crippen molar-refractivity contribution in [3.05, 3.63) is 65.2 Å². The van der Waals surface area contributed by atoms with Crippen LogP contribution in [0, 0.1) is 6.92 Å². The molecule has 2 aromatic rings. The zero-order valence-electron chi connectivity index (χ0n) is 17.1. The summed E-state index contributed by atoms with van der Waals surface area (Å²) in [6.45, 7) is 7.81. The van der Waals surface area contributed by atoms with Crippen LogP contribution in [0.5, 0.6) is 5.75 Å². The van der Waals surface area contributed by atoms with E-state index in [1.54, 1.807) is 0 Å². The van der Waals surface area contributed by atoms with Crippen molar-refractivity contribution in [1.29, 1.82) is 0 Å². The number of hydrogen-bond donors (Lipinski definition) is 1. The summed E-state index contributed by atoms with van der Waals surface area (Å²) in [7, 11) is 0. The Bertz CT molecular complexity index is 769. The third-order valence-corrected chi connectivity index (χ3v) is 5.44. The van der Waals surface area contributed by atoms with Gasteiger partial charge in [-0.15, -0.1) is 0 Å². The van der Waals surface area contributed by atoms with E-state index in [1.807, 2.05) is 44.2 Å². The van der Waals surface area contributed by atoms with Gasteiger partial charge in [0.2, 0.25) is 0 Å². The second kappa shape index (κ2) is 10.3. The van der Waals surface area contributed by atoms with Crippen LogP contribution in [-0.2, 0) is 17.9 Å². The first-order chi connectivity index (χ1) is 13.7. The molecule has 1 heterocycles. The molecule has 3 rings (SSSR count). The molecule has 0 saturated carbocycles. The lowest BCUT2D eigenvalue weighted by Crippen LogP contribution is -2.38. The number of amides is 1. The van der Waals surface area contributed by atoms with E-state index >= 15 is 0 Å². The Morgan fingerprint density at radius 1 is 1.04 bits per heavy atom. The van der Waals surface area contributed by atoms with Crippen molar-refractivity contribution >= 4 is 5.91 Å². The van der Waals surface area contributed by atoms with Gasteiger partial charge in [-0.25, -0.2) is 0 Å². The summed E-state index contributed by atoms with van der Waals surface area (Å²) in [4.78, 5) is 15.2. The van der Waals surface area contributed by atoms with E-state index in [4.69, 9.17) is 4.74 Å². The van der Waals surface area contributed by atoms with Crippen LogP contribution < -0.4 is 10.1 Å². The number of rotatable bonds is 8. The number of carbonyl (C=O) groups excluding carboxylic acids is 1. The van der Waals surface area contributed by atoms with Crippen molar-refractivity contribution in [1.82, 2.24) is 10.2 Å². The Kier molecular flexibility index (Phi) is 7.49. The van der Waals surface area contributed by atoms with E-state index in [1.165, 1.54) is 43.5 Å². The highest BCUT2D eigenvalue weighted by Gasteiger charge is 2.19. The summed E-state index contributed by atoms with van der Waals surface area (Å²) in [6.07, 6.45) is 4.07. The molecule has 1 fully saturated rings. The maximum Gasteiger partial charge on any atom is 0.261 e. The first-order valence-electron chi connectivity index (χ1n) is 10.5. The van der Waals surface area contributed by atoms with Crippen LogP contribution in [0.1, 0.15) is 49.3 Å². The van der Waals surface area contributed by atoms with Gasteiger partial charge >= 0.3 is 0 Å². The third-order valence-electron chi connectivity index (χ3n) is 5.44. The molecule has 1 saturated heterocycles. The lowest BCUT2D eigenvalue weighted by atomic mass is 10.0. The molecule has 0 aliphatic carbocycles. The van der Waals surface area contributed by atoms with E-state index in [2.05, 4.69) is 28.4 Å². The van der Waals surface area contributed by atoms with Crippen LogP contribution in [0.25, 0.3) is 0 Å². The Hall–Kier alpha value is -2.33. The highest BCUT2D eigenvalue weighted by Crippen LogP contribution is 2.19. The van der Waals surface area contributed by atoms with Gasteiger partial charge in [0, 0.05) is 13.1 Å². The zero-order valence-corrected chi connectivity index (χ0v) is 17.1. The van der Waals surface area contributed by atoms with E-state index < -0.39 is 6.10 Å². The van der Waals surface area contributed by atoms with Crippen molar-refractivity contribution in [2.24, 2.45) is 0 Å². The van der Waals surface area contributed by atoms with Gasteiger partial charge in [-0.05, 0) is 62.0 Å². The number of carbonyl (C=O) groups is 1. The molecule has 1 atom stereocenters. The molecule has 28 heavy (non-hydrogen) atoms. The first kappa shape index (κ1) is 20.4. The quantitative estimate of drug-likeness (QED) is 0.735. The standard InChI is InChI=1S/C24H32N2O2/c1-3-22(28-23-14-8-5-11-19(23)2)24(27)25-17-20-12-6-7-13-21(20)18-26-15-9-4-10-16-26/h5-8,11-14,22H,3-4,9-10,15-18H2,1-2H3,(H,25,27). The lowest BCUT2D eigenvalue weighted by molar-refractivity contribution is -0.128. The number of piperidine rings is 1. The summed E-state index contributed by atoms with van der Waals surface area (Å²) in [5.41, 5.74) is 3.53. The molecule has 0 spiro atoms. The maximum absolute atomic E-state index is 12.7. The average molecular weight is 381 g/mol. The summed E-state index contributed by atoms with van der Waals surface area (Å²) < 4.78 is 5.98. The largest absolute Gasteiger partial charge is 0.480 e. The van der Waals surface area contributed by atoms with Crippen LogP contribution in [0.15, 0.2) is 48.5 Å². The van der Waals surface area contributed by atoms with Gasteiger partial charge < -0.3 is 10.1 Å². The number of nitrogens with one attached hydrogen (secondary N) is 1. The molecule has 4 nitrogen and oxygen atoms in total. The molecule has 150 valence electrons. The minimum Gasteiger partial charge on any atom is -0.480 e. The zero-order chi connectivity index (χ0) is 19.8. The van der Waals surface area contributed by atoms with Gasteiger partial charge in [0.05, 0.1) is 0 Å². The van der Waals surface area contributed by atoms with Gasteiger partial charge in [0.15, 0.2) is 6.10 Å². The molecule has 2 aromatic carbocycles. The van der Waals surface area contributed by atoms with E-state index in [9.17, 15) is 4.79 Å². The summed E-state index contributed by atoms with van der Waals surface area (Å²) in [5, 5.41) is 3.08. The monoisotopic (exact) mass is 380 g/mol. The predicted molar refractivity (Wildman–Crippen MR) is 113 cm³/mol. The molecular weight excluding hydrogens is 348 g/mol. The van der Waals surface area contributed by atoms with Crippen LogP contribution in [-0.4, -0.2) is 30.0 Å². The minimum atomic E-state index is -0.477. The van der Waals surface area contributed by atoms with Crippen LogP contribution >= 0.6 is 0 Å². The van der Waals surface area contributed by atoms with Gasteiger partial charge in [0.25, 0.3) is 5.91 Å². The normalized spacial score (nSPS) is 15.8. The second-order valence-corrected chi connectivity index (χ2v) is 7.60. The van der Waals surface area contributed by atoms with Gasteiger partial charge in [-0.3, -0.25) is 9.69 Å². The topological polar surface area (TPSA) is 41.6 Å². The van der Waals surface area contributed by atoms with E-state index in [0.717, 1.165) is 17.9 Å². The Balaban J connectivity index is 1.59. The fourth-order valence-electron chi connectivity index (χ4n) is 3.70. The summed E-state index contributed by atoms with van der Waals surface area (Å²) in [5.74, 6) is 0.716. The third kappa shape index (κ3) is 5.59. The molecular formula is C24H32N2O2. The Morgan fingerprint density at radius 3 is 2.43 bits per heavy atom. The van der Waals surface area contributed by atoms with E-state index in [-0.39, 0.29) is 5.91 Å². The number of ether oxygens (including phenoxy) is 1. The van der Waals surface area contributed by atoms with Crippen molar-refractivity contribution in [3.63, 3.8) is 0 Å². The van der Waals surface area contributed by atoms with Crippen molar-refractivity contribution < 1.29 is 9.53 Å². The van der Waals surface area contributed by atoms with Crippen molar-refractivity contribution in [2.75, 3.05) is 13.1 Å². The molecule has 1 unspecified atom stereocenters. The number of hydrogen-bond acceptors (Lipinski definition) is 3. The molecule has 1 aliphatic heterocycles. The minimum absolute atomic E-state index is 0.0569. The molecule has 1 N–H and O–H groups in total. The molecule has 1 amide bonds. The molecule has 0 radical (unpaired) electrons. The van der Waals surface area contributed by atoms with E-state index in [0.29, 0.717) is 13.0 Å². The van der Waals surface area contributed by atoms with Gasteiger partial charge in [0.1, 0.15) is 5.75 Å². The Morgan fingerprint density at radius 2 is 1.71 bits per heavy atom. The first-order valence-corrected chi connectivity index (χ1v) is 10.5. The highest BCUT2D eigenvalue weighted by atomic mass is 16.5. The van der Waals surface area contributed by atoms with Crippen LogP contribution in [0.2, 0.25) is 0 Å². The van der Waals surface area contributed by atoms with Crippen molar-refractivity contribution in [3.8, 4) is 5.75 Å². The predicted octanol–water partition coefficient (Wildman–Crippen LogP) is 4.45. The van der Waals surface area contributed by atoms with Crippen LogP contribution in [0.3, 0.4) is 0 Å². The fourth-order valence-corrected chi connectivity index (χ4v) is 3.70. The second-order valence-electron chi connectivity index (χ2n) is 7.60. The average Bonchev–Trinajstić information content (AvgIpc) is 2.73. The van der Waals surface area contributed by atoms with Crippen molar-refractivity contribution in [2.45, 2.75) is 58.7 Å². The highest BCUT2D eigenvalue weighted by molar-refractivity contribution is 5.81. The number of benzene rings is 2. The van der Waals surface area contributed by atoms with Gasteiger partial charge in [-0.1, -0.05) is 55.8 Å². The maximum atomic E-state index is 12.7. The summed E-state index contributed by atoms with van der Waals surface area (Å²) >= 11 is 0. The number of para-hydroxylation sites is 1. The van der Waals surface area contributed by atoms with Crippen LogP contribution in [0.4, 0.5) is 0 Å².